The number of pyridine rings is 1. The number of nitrogens with zero attached hydrogens (tertiary/aromatic N) is 5. The summed E-state index contributed by atoms with van der Waals surface area (Å²) in [5.74, 6) is 1.12. The van der Waals surface area contributed by atoms with Gasteiger partial charge in [-0.25, -0.2) is 4.98 Å². The van der Waals surface area contributed by atoms with Crippen molar-refractivity contribution in [3.8, 4) is 0 Å². The first-order chi connectivity index (χ1) is 13.0. The van der Waals surface area contributed by atoms with Crippen LogP contribution in [0.1, 0.15) is 45.9 Å². The molecule has 0 aliphatic rings. The predicted molar refractivity (Wildman–Crippen MR) is 107 cm³/mol. The third-order valence-corrected chi connectivity index (χ3v) is 4.48. The number of anilines is 2. The molecule has 2 atom stereocenters. The van der Waals surface area contributed by atoms with E-state index in [0.29, 0.717) is 18.3 Å². The summed E-state index contributed by atoms with van der Waals surface area (Å²) in [5.41, 5.74) is 2.39. The topological polar surface area (TPSA) is 101 Å². The van der Waals surface area contributed by atoms with Crippen molar-refractivity contribution in [2.75, 3.05) is 10.6 Å². The van der Waals surface area contributed by atoms with E-state index in [9.17, 15) is 5.11 Å². The number of fused-ring (bicyclic) bond motifs is 1. The van der Waals surface area contributed by atoms with Gasteiger partial charge < -0.3 is 20.3 Å². The SMILES string of the molecule is CC[C@@H](Nc1nc(NCc2ccccn2)c2ncn(C(C)C)c2n1)[C@H](C)O. The standard InChI is InChI=1S/C19H27N7O/c1-5-15(13(4)27)23-19-24-17(21-10-14-8-6-7-9-20-14)16-18(25-19)26(11-22-16)12(2)3/h6-9,11-13,15,27H,5,10H2,1-4H3,(H2,21,23,24,25)/t13-,15+/m0/s1. The van der Waals surface area contributed by atoms with Crippen molar-refractivity contribution >= 4 is 22.9 Å². The molecule has 3 heterocycles. The van der Waals surface area contributed by atoms with Crippen LogP contribution in [0, 0.1) is 0 Å². The lowest BCUT2D eigenvalue weighted by Gasteiger charge is -2.20. The number of aliphatic hydroxyl groups is 1. The number of hydrogen-bond acceptors (Lipinski definition) is 7. The molecule has 0 saturated heterocycles. The van der Waals surface area contributed by atoms with Crippen LogP contribution in [-0.4, -0.2) is 41.8 Å². The van der Waals surface area contributed by atoms with Crippen LogP contribution in [0.3, 0.4) is 0 Å². The first-order valence-corrected chi connectivity index (χ1v) is 9.32. The largest absolute Gasteiger partial charge is 0.391 e. The highest BCUT2D eigenvalue weighted by molar-refractivity contribution is 5.84. The molecule has 0 spiro atoms. The van der Waals surface area contributed by atoms with Crippen molar-refractivity contribution in [2.45, 2.75) is 58.8 Å². The monoisotopic (exact) mass is 369 g/mol. The fourth-order valence-electron chi connectivity index (χ4n) is 2.89. The van der Waals surface area contributed by atoms with E-state index in [-0.39, 0.29) is 12.1 Å². The maximum atomic E-state index is 9.95. The minimum absolute atomic E-state index is 0.124. The summed E-state index contributed by atoms with van der Waals surface area (Å²) in [6.07, 6.45) is 3.81. The molecular formula is C19H27N7O. The maximum Gasteiger partial charge on any atom is 0.227 e. The molecule has 27 heavy (non-hydrogen) atoms. The molecule has 0 radical (unpaired) electrons. The molecule has 144 valence electrons. The highest BCUT2D eigenvalue weighted by Gasteiger charge is 2.18. The second kappa shape index (κ2) is 8.30. The van der Waals surface area contributed by atoms with Crippen molar-refractivity contribution in [2.24, 2.45) is 0 Å². The Kier molecular flexibility index (Phi) is 5.85. The highest BCUT2D eigenvalue weighted by atomic mass is 16.3. The second-order valence-electron chi connectivity index (χ2n) is 6.89. The van der Waals surface area contributed by atoms with Crippen LogP contribution in [0.4, 0.5) is 11.8 Å². The zero-order valence-corrected chi connectivity index (χ0v) is 16.2. The van der Waals surface area contributed by atoms with Gasteiger partial charge in [0.25, 0.3) is 0 Å². The minimum Gasteiger partial charge on any atom is -0.391 e. The van der Waals surface area contributed by atoms with E-state index < -0.39 is 6.10 Å². The molecule has 8 nitrogen and oxygen atoms in total. The molecule has 0 amide bonds. The summed E-state index contributed by atoms with van der Waals surface area (Å²) in [7, 11) is 0. The summed E-state index contributed by atoms with van der Waals surface area (Å²) in [6.45, 7) is 8.48. The van der Waals surface area contributed by atoms with E-state index in [1.807, 2.05) is 29.7 Å². The van der Waals surface area contributed by atoms with Gasteiger partial charge in [-0.1, -0.05) is 13.0 Å². The van der Waals surface area contributed by atoms with Crippen molar-refractivity contribution < 1.29 is 5.11 Å². The number of nitrogens with one attached hydrogen (secondary N) is 2. The first kappa shape index (κ1) is 19.0. The fraction of sp³-hybridized carbons (Fsp3) is 0.474. The number of hydrogen-bond donors (Lipinski definition) is 3. The minimum atomic E-state index is -0.505. The number of aliphatic hydroxyl groups excluding tert-OH is 1. The van der Waals surface area contributed by atoms with Gasteiger partial charge in [0.15, 0.2) is 17.0 Å². The van der Waals surface area contributed by atoms with Gasteiger partial charge in [-0.15, -0.1) is 0 Å². The molecule has 0 fully saturated rings. The number of aromatic nitrogens is 5. The molecule has 3 aromatic heterocycles. The summed E-state index contributed by atoms with van der Waals surface area (Å²) in [6, 6.07) is 5.90. The molecule has 0 bridgehead atoms. The van der Waals surface area contributed by atoms with Gasteiger partial charge in [-0.2, -0.15) is 9.97 Å². The van der Waals surface area contributed by atoms with E-state index in [4.69, 9.17) is 0 Å². The fourth-order valence-corrected chi connectivity index (χ4v) is 2.89. The van der Waals surface area contributed by atoms with Crippen LogP contribution in [0.5, 0.6) is 0 Å². The Hall–Kier alpha value is -2.74. The highest BCUT2D eigenvalue weighted by Crippen LogP contribution is 2.24. The zero-order chi connectivity index (χ0) is 19.4. The lowest BCUT2D eigenvalue weighted by atomic mass is 10.1. The molecule has 0 unspecified atom stereocenters. The van der Waals surface area contributed by atoms with E-state index >= 15 is 0 Å². The van der Waals surface area contributed by atoms with Crippen molar-refractivity contribution in [1.29, 1.82) is 0 Å². The maximum absolute atomic E-state index is 9.95. The Morgan fingerprint density at radius 2 is 1.96 bits per heavy atom. The van der Waals surface area contributed by atoms with Crippen LogP contribution < -0.4 is 10.6 Å². The molecular weight excluding hydrogens is 342 g/mol. The molecule has 3 rings (SSSR count). The molecule has 0 aliphatic carbocycles. The molecule has 0 saturated carbocycles. The second-order valence-corrected chi connectivity index (χ2v) is 6.89. The summed E-state index contributed by atoms with van der Waals surface area (Å²) in [4.78, 5) is 18.1. The van der Waals surface area contributed by atoms with Crippen LogP contribution in [0.15, 0.2) is 30.7 Å². The Morgan fingerprint density at radius 1 is 1.15 bits per heavy atom. The third kappa shape index (κ3) is 4.33. The van der Waals surface area contributed by atoms with Gasteiger partial charge in [-0.05, 0) is 39.3 Å². The Labute approximate surface area is 159 Å². The molecule has 0 aliphatic heterocycles. The van der Waals surface area contributed by atoms with Crippen LogP contribution in [-0.2, 0) is 6.54 Å². The number of imidazole rings is 1. The average molecular weight is 369 g/mol. The van der Waals surface area contributed by atoms with Gasteiger partial charge in [-0.3, -0.25) is 4.98 Å². The lowest BCUT2D eigenvalue weighted by Crippen LogP contribution is -2.31. The Bertz CT molecular complexity index is 876. The van der Waals surface area contributed by atoms with Gasteiger partial charge in [0.1, 0.15) is 0 Å². The van der Waals surface area contributed by atoms with E-state index in [1.54, 1.807) is 19.4 Å². The van der Waals surface area contributed by atoms with Gasteiger partial charge in [0.2, 0.25) is 5.95 Å². The first-order valence-electron chi connectivity index (χ1n) is 9.32. The van der Waals surface area contributed by atoms with E-state index in [1.165, 1.54) is 0 Å². The van der Waals surface area contributed by atoms with Gasteiger partial charge in [0.05, 0.1) is 30.7 Å². The Balaban J connectivity index is 1.96. The van der Waals surface area contributed by atoms with E-state index in [0.717, 1.165) is 23.3 Å². The summed E-state index contributed by atoms with van der Waals surface area (Å²) in [5, 5.41) is 16.5. The van der Waals surface area contributed by atoms with E-state index in [2.05, 4.69) is 44.4 Å². The Morgan fingerprint density at radius 3 is 2.59 bits per heavy atom. The van der Waals surface area contributed by atoms with Crippen molar-refractivity contribution in [1.82, 2.24) is 24.5 Å². The smallest absolute Gasteiger partial charge is 0.227 e. The molecule has 0 aromatic carbocycles. The molecule has 3 N–H and O–H groups in total. The van der Waals surface area contributed by atoms with Crippen LogP contribution in [0.25, 0.3) is 11.2 Å². The van der Waals surface area contributed by atoms with Crippen molar-refractivity contribution in [3.63, 3.8) is 0 Å². The lowest BCUT2D eigenvalue weighted by molar-refractivity contribution is 0.169. The summed E-state index contributed by atoms with van der Waals surface area (Å²) < 4.78 is 2.01. The average Bonchev–Trinajstić information content (AvgIpc) is 3.09. The predicted octanol–water partition coefficient (Wildman–Crippen LogP) is 2.99. The molecule has 3 aromatic rings. The third-order valence-electron chi connectivity index (χ3n) is 4.48. The van der Waals surface area contributed by atoms with Gasteiger partial charge >= 0.3 is 0 Å². The number of rotatable bonds is 8. The van der Waals surface area contributed by atoms with Crippen molar-refractivity contribution in [3.05, 3.63) is 36.4 Å². The van der Waals surface area contributed by atoms with Crippen LogP contribution >= 0.6 is 0 Å². The quantitative estimate of drug-likeness (QED) is 0.561. The summed E-state index contributed by atoms with van der Waals surface area (Å²) >= 11 is 0. The molecule has 8 heteroatoms. The van der Waals surface area contributed by atoms with Gasteiger partial charge in [0, 0.05) is 12.2 Å². The zero-order valence-electron chi connectivity index (χ0n) is 16.2. The normalized spacial score (nSPS) is 13.7. The van der Waals surface area contributed by atoms with Crippen LogP contribution in [0.2, 0.25) is 0 Å².